The van der Waals surface area contributed by atoms with E-state index in [1.807, 2.05) is 18.5 Å². The highest BCUT2D eigenvalue weighted by Crippen LogP contribution is 2.02. The summed E-state index contributed by atoms with van der Waals surface area (Å²) in [5.41, 5.74) is 2.69. The molecular weight excluding hydrogens is 242 g/mol. The Bertz CT molecular complexity index is 450. The van der Waals surface area contributed by atoms with Gasteiger partial charge in [0.1, 0.15) is 0 Å². The van der Waals surface area contributed by atoms with Gasteiger partial charge in [-0.15, -0.1) is 0 Å². The van der Waals surface area contributed by atoms with Gasteiger partial charge in [-0.2, -0.15) is 5.10 Å². The van der Waals surface area contributed by atoms with Gasteiger partial charge in [0.15, 0.2) is 0 Å². The Balaban J connectivity index is 2.21. The Morgan fingerprint density at radius 1 is 1.53 bits per heavy atom. The molecule has 0 aromatic carbocycles. The number of carbonyl (C=O) groups is 1. The smallest absolute Gasteiger partial charge is 0.331 e. The van der Waals surface area contributed by atoms with E-state index in [2.05, 4.69) is 23.4 Å². The summed E-state index contributed by atoms with van der Waals surface area (Å²) < 4.78 is 2.00. The zero-order valence-electron chi connectivity index (χ0n) is 11.9. The third kappa shape index (κ3) is 5.26. The number of aryl methyl sites for hydroxylation is 3. The van der Waals surface area contributed by atoms with Gasteiger partial charge < -0.3 is 10.4 Å². The average Bonchev–Trinajstić information content (AvgIpc) is 2.66. The molecule has 0 bridgehead atoms. The maximum atomic E-state index is 10.8. The third-order valence-corrected chi connectivity index (χ3v) is 2.98. The van der Waals surface area contributed by atoms with Crippen molar-refractivity contribution in [2.45, 2.75) is 40.2 Å². The van der Waals surface area contributed by atoms with Crippen LogP contribution in [0.25, 0.3) is 0 Å². The lowest BCUT2D eigenvalue weighted by Crippen LogP contribution is -2.18. The van der Waals surface area contributed by atoms with Crippen LogP contribution in [0.2, 0.25) is 0 Å². The fourth-order valence-electron chi connectivity index (χ4n) is 1.94. The third-order valence-electron chi connectivity index (χ3n) is 2.98. The molecule has 0 unspecified atom stereocenters. The van der Waals surface area contributed by atoms with Crippen molar-refractivity contribution in [3.05, 3.63) is 29.1 Å². The van der Waals surface area contributed by atoms with E-state index >= 15 is 0 Å². The van der Waals surface area contributed by atoms with Gasteiger partial charge in [0.2, 0.25) is 0 Å². The van der Waals surface area contributed by atoms with Crippen molar-refractivity contribution < 1.29 is 9.90 Å². The molecule has 5 nitrogen and oxygen atoms in total. The number of rotatable bonds is 8. The molecule has 19 heavy (non-hydrogen) atoms. The van der Waals surface area contributed by atoms with E-state index in [4.69, 9.17) is 5.11 Å². The normalized spacial score (nSPS) is 11.8. The van der Waals surface area contributed by atoms with Crippen molar-refractivity contribution in [2.24, 2.45) is 0 Å². The molecule has 0 aliphatic rings. The molecule has 0 aliphatic heterocycles. The summed E-state index contributed by atoms with van der Waals surface area (Å²) in [7, 11) is 0. The van der Waals surface area contributed by atoms with Crippen molar-refractivity contribution >= 4 is 5.97 Å². The fraction of sp³-hybridized carbons (Fsp3) is 0.571. The van der Waals surface area contributed by atoms with Crippen LogP contribution in [0.5, 0.6) is 0 Å². The minimum atomic E-state index is -0.827. The van der Waals surface area contributed by atoms with E-state index in [1.54, 1.807) is 6.08 Å². The van der Waals surface area contributed by atoms with Crippen LogP contribution in [0.15, 0.2) is 17.7 Å². The summed E-state index contributed by atoms with van der Waals surface area (Å²) in [6, 6.07) is 2.07. The summed E-state index contributed by atoms with van der Waals surface area (Å²) in [5, 5.41) is 16.5. The first-order valence-corrected chi connectivity index (χ1v) is 6.68. The maximum absolute atomic E-state index is 10.8. The number of aliphatic carboxylic acids is 1. The second-order valence-corrected chi connectivity index (χ2v) is 4.60. The summed E-state index contributed by atoms with van der Waals surface area (Å²) >= 11 is 0. The molecule has 0 radical (unpaired) electrons. The fourth-order valence-corrected chi connectivity index (χ4v) is 1.94. The zero-order chi connectivity index (χ0) is 14.3. The quantitative estimate of drug-likeness (QED) is 0.556. The molecule has 106 valence electrons. The van der Waals surface area contributed by atoms with Crippen molar-refractivity contribution in [2.75, 3.05) is 13.1 Å². The van der Waals surface area contributed by atoms with Gasteiger partial charge in [0.05, 0.1) is 5.69 Å². The number of carboxylic acid groups (broad SMARTS) is 1. The summed E-state index contributed by atoms with van der Waals surface area (Å²) in [6.07, 6.45) is 3.28. The van der Waals surface area contributed by atoms with Gasteiger partial charge in [-0.25, -0.2) is 4.79 Å². The molecule has 0 spiro atoms. The van der Waals surface area contributed by atoms with Gasteiger partial charge in [0.25, 0.3) is 0 Å². The Kier molecular flexibility index (Phi) is 6.29. The number of nitrogens with zero attached hydrogens (tertiary/aromatic N) is 2. The predicted molar refractivity (Wildman–Crippen MR) is 75.2 cm³/mol. The Morgan fingerprint density at radius 2 is 2.26 bits per heavy atom. The summed E-state index contributed by atoms with van der Waals surface area (Å²) in [5.74, 6) is -0.827. The molecule has 1 heterocycles. The average molecular weight is 265 g/mol. The number of nitrogens with one attached hydrogen (secondary N) is 1. The second kappa shape index (κ2) is 7.74. The van der Waals surface area contributed by atoms with Gasteiger partial charge >= 0.3 is 5.97 Å². The Morgan fingerprint density at radius 3 is 2.79 bits per heavy atom. The van der Waals surface area contributed by atoms with Gasteiger partial charge in [-0.05, 0) is 39.3 Å². The SMILES string of the molecule is CC/C(=C/CNCCCn1nc(C)cc1C)C(=O)O. The minimum Gasteiger partial charge on any atom is -0.478 e. The van der Waals surface area contributed by atoms with Crippen LogP contribution in [-0.2, 0) is 11.3 Å². The van der Waals surface area contributed by atoms with E-state index in [9.17, 15) is 4.79 Å². The largest absolute Gasteiger partial charge is 0.478 e. The summed E-state index contributed by atoms with van der Waals surface area (Å²) in [6.45, 7) is 8.23. The molecule has 5 heteroatoms. The molecule has 1 aromatic rings. The van der Waals surface area contributed by atoms with E-state index in [0.717, 1.165) is 25.2 Å². The van der Waals surface area contributed by atoms with Crippen molar-refractivity contribution in [1.29, 1.82) is 0 Å². The van der Waals surface area contributed by atoms with Crippen LogP contribution < -0.4 is 5.32 Å². The number of hydrogen-bond donors (Lipinski definition) is 2. The summed E-state index contributed by atoms with van der Waals surface area (Å²) in [4.78, 5) is 10.8. The van der Waals surface area contributed by atoms with Crippen LogP contribution in [0.3, 0.4) is 0 Å². The zero-order valence-corrected chi connectivity index (χ0v) is 11.9. The van der Waals surface area contributed by atoms with Crippen molar-refractivity contribution in [3.8, 4) is 0 Å². The van der Waals surface area contributed by atoms with Gasteiger partial charge in [0, 0.05) is 24.4 Å². The molecule has 0 saturated heterocycles. The Hall–Kier alpha value is -1.62. The van der Waals surface area contributed by atoms with Gasteiger partial charge in [-0.3, -0.25) is 4.68 Å². The first-order chi connectivity index (χ1) is 9.04. The molecule has 0 aliphatic carbocycles. The minimum absolute atomic E-state index is 0.464. The second-order valence-electron chi connectivity index (χ2n) is 4.60. The standard InChI is InChI=1S/C14H23N3O2/c1-4-13(14(18)19)6-8-15-7-5-9-17-12(3)10-11(2)16-17/h6,10,15H,4-5,7-9H2,1-3H3,(H,18,19)/b13-6-. The van der Waals surface area contributed by atoms with Crippen LogP contribution in [-0.4, -0.2) is 33.9 Å². The van der Waals surface area contributed by atoms with Crippen LogP contribution in [0.4, 0.5) is 0 Å². The van der Waals surface area contributed by atoms with E-state index in [-0.39, 0.29) is 0 Å². The monoisotopic (exact) mass is 265 g/mol. The van der Waals surface area contributed by atoms with Gasteiger partial charge in [-0.1, -0.05) is 13.0 Å². The highest BCUT2D eigenvalue weighted by atomic mass is 16.4. The van der Waals surface area contributed by atoms with E-state index in [0.29, 0.717) is 18.5 Å². The van der Waals surface area contributed by atoms with E-state index < -0.39 is 5.97 Å². The molecular formula is C14H23N3O2. The van der Waals surface area contributed by atoms with Crippen LogP contribution in [0, 0.1) is 13.8 Å². The predicted octanol–water partition coefficient (Wildman–Crippen LogP) is 1.90. The molecule has 1 aromatic heterocycles. The highest BCUT2D eigenvalue weighted by molar-refractivity contribution is 5.86. The van der Waals surface area contributed by atoms with Crippen LogP contribution in [0.1, 0.15) is 31.2 Å². The lowest BCUT2D eigenvalue weighted by atomic mass is 10.2. The van der Waals surface area contributed by atoms with E-state index in [1.165, 1.54) is 5.69 Å². The Labute approximate surface area is 114 Å². The van der Waals surface area contributed by atoms with Crippen LogP contribution >= 0.6 is 0 Å². The first-order valence-electron chi connectivity index (χ1n) is 6.68. The molecule has 1 rings (SSSR count). The number of carboxylic acids is 1. The topological polar surface area (TPSA) is 67.2 Å². The molecule has 0 amide bonds. The highest BCUT2D eigenvalue weighted by Gasteiger charge is 2.02. The molecule has 0 atom stereocenters. The maximum Gasteiger partial charge on any atom is 0.331 e. The molecule has 2 N–H and O–H groups in total. The molecule has 0 saturated carbocycles. The van der Waals surface area contributed by atoms with Crippen molar-refractivity contribution in [1.82, 2.24) is 15.1 Å². The van der Waals surface area contributed by atoms with Crippen molar-refractivity contribution in [3.63, 3.8) is 0 Å². The molecule has 0 fully saturated rings. The first kappa shape index (κ1) is 15.4. The number of hydrogen-bond acceptors (Lipinski definition) is 3. The number of aromatic nitrogens is 2. The lowest BCUT2D eigenvalue weighted by molar-refractivity contribution is -0.132. The lowest BCUT2D eigenvalue weighted by Gasteiger charge is -2.05.